The molecule has 1 heterocycles. The molecule has 3 atom stereocenters. The Labute approximate surface area is 277 Å². The van der Waals surface area contributed by atoms with Gasteiger partial charge in [0.2, 0.25) is 11.8 Å². The van der Waals surface area contributed by atoms with Gasteiger partial charge >= 0.3 is 5.97 Å². The molecule has 1 aliphatic heterocycles. The fourth-order valence-corrected chi connectivity index (χ4v) is 6.56. The van der Waals surface area contributed by atoms with E-state index in [1.807, 2.05) is 91.0 Å². The summed E-state index contributed by atoms with van der Waals surface area (Å²) < 4.78 is 5.90. The molecule has 46 heavy (non-hydrogen) atoms. The van der Waals surface area contributed by atoms with Gasteiger partial charge in [0.1, 0.15) is 6.61 Å². The third kappa shape index (κ3) is 12.1. The summed E-state index contributed by atoms with van der Waals surface area (Å²) in [4.78, 5) is 42.3. The second kappa shape index (κ2) is 19.6. The average molecular weight is 643 g/mol. The Morgan fingerprint density at radius 3 is 2.20 bits per heavy atom. The highest BCUT2D eigenvalue weighted by atomic mass is 32.2. The minimum Gasteiger partial charge on any atom is -0.463 e. The molecular formula is C38H46N2O5S. The molecule has 4 rings (SSSR count). The smallest absolute Gasteiger partial charge is 0.309 e. The van der Waals surface area contributed by atoms with Crippen molar-refractivity contribution < 1.29 is 24.2 Å². The monoisotopic (exact) mass is 642 g/mol. The molecule has 0 aliphatic carbocycles. The highest BCUT2D eigenvalue weighted by molar-refractivity contribution is 7.98. The standard InChI is InChI=1S/C38H46N2O5S/c41-23-22-40(26-31-16-8-4-9-17-31)36(42)25-33-20-12-1-2-13-21-34(24-30-14-6-3-7-15-30)38(44)45-27-35(39-37(33)43)29-46-28-32-18-10-5-11-19-32/h1,3-12,14-19,33-35,41H,2,13,20-29H2,(H,39,43). The van der Waals surface area contributed by atoms with Gasteiger partial charge in [0, 0.05) is 31.0 Å². The van der Waals surface area contributed by atoms with Crippen molar-refractivity contribution >= 4 is 29.5 Å². The minimum absolute atomic E-state index is 0.0197. The first-order valence-corrected chi connectivity index (χ1v) is 17.4. The van der Waals surface area contributed by atoms with E-state index in [9.17, 15) is 19.5 Å². The molecule has 3 unspecified atom stereocenters. The van der Waals surface area contributed by atoms with Crippen molar-refractivity contribution in [1.82, 2.24) is 10.2 Å². The second-order valence-electron chi connectivity index (χ2n) is 11.8. The molecule has 0 fully saturated rings. The number of carbonyl (C=O) groups is 3. The maximum Gasteiger partial charge on any atom is 0.309 e. The molecule has 3 aromatic carbocycles. The molecule has 0 saturated heterocycles. The predicted molar refractivity (Wildman–Crippen MR) is 184 cm³/mol. The van der Waals surface area contributed by atoms with Crippen LogP contribution in [0.15, 0.2) is 103 Å². The zero-order valence-corrected chi connectivity index (χ0v) is 27.3. The Balaban J connectivity index is 1.48. The zero-order valence-electron chi connectivity index (χ0n) is 26.5. The van der Waals surface area contributed by atoms with Crippen molar-refractivity contribution in [3.63, 3.8) is 0 Å². The molecular weight excluding hydrogens is 596 g/mol. The number of benzene rings is 3. The molecule has 244 valence electrons. The summed E-state index contributed by atoms with van der Waals surface area (Å²) in [6.45, 7) is 0.464. The number of thioether (sulfide) groups is 1. The van der Waals surface area contributed by atoms with Gasteiger partial charge < -0.3 is 20.1 Å². The molecule has 2 amide bonds. The van der Waals surface area contributed by atoms with Crippen molar-refractivity contribution in [1.29, 1.82) is 0 Å². The first kappa shape index (κ1) is 35.0. The van der Waals surface area contributed by atoms with E-state index in [0.717, 1.165) is 29.7 Å². The van der Waals surface area contributed by atoms with Gasteiger partial charge in [-0.2, -0.15) is 11.8 Å². The Bertz CT molecular complexity index is 1370. The number of nitrogens with zero attached hydrogens (tertiary/aromatic N) is 1. The lowest BCUT2D eigenvalue weighted by Gasteiger charge is -2.26. The van der Waals surface area contributed by atoms with Crippen molar-refractivity contribution in [2.45, 2.75) is 56.9 Å². The highest BCUT2D eigenvalue weighted by Crippen LogP contribution is 2.21. The maximum absolute atomic E-state index is 13.8. The van der Waals surface area contributed by atoms with Gasteiger partial charge in [-0.15, -0.1) is 0 Å². The lowest BCUT2D eigenvalue weighted by molar-refractivity contribution is -0.150. The number of cyclic esters (lactones) is 1. The van der Waals surface area contributed by atoms with Gasteiger partial charge in [-0.25, -0.2) is 0 Å². The van der Waals surface area contributed by atoms with E-state index >= 15 is 0 Å². The van der Waals surface area contributed by atoms with E-state index < -0.39 is 12.0 Å². The van der Waals surface area contributed by atoms with E-state index in [1.165, 1.54) is 5.56 Å². The molecule has 0 bridgehead atoms. The molecule has 3 aromatic rings. The SMILES string of the molecule is O=C1NC(CSCc2ccccc2)COC(=O)C(Cc2ccccc2)CCCC=CCC1CC(=O)N(CCO)Cc1ccccc1. The van der Waals surface area contributed by atoms with Crippen molar-refractivity contribution in [3.05, 3.63) is 120 Å². The van der Waals surface area contributed by atoms with Gasteiger partial charge in [0.05, 0.1) is 24.5 Å². The number of esters is 1. The average Bonchev–Trinajstić information content (AvgIpc) is 3.08. The van der Waals surface area contributed by atoms with Crippen molar-refractivity contribution in [3.8, 4) is 0 Å². The number of amides is 2. The van der Waals surface area contributed by atoms with Crippen LogP contribution in [-0.2, 0) is 37.8 Å². The van der Waals surface area contributed by atoms with Gasteiger partial charge in [0.15, 0.2) is 0 Å². The van der Waals surface area contributed by atoms with E-state index in [1.54, 1.807) is 16.7 Å². The lowest BCUT2D eigenvalue weighted by Crippen LogP contribution is -2.45. The number of carbonyl (C=O) groups excluding carboxylic acids is 3. The van der Waals surface area contributed by atoms with E-state index in [-0.39, 0.29) is 49.9 Å². The summed E-state index contributed by atoms with van der Waals surface area (Å²) in [6.07, 6.45) is 7.38. The van der Waals surface area contributed by atoms with E-state index in [2.05, 4.69) is 17.4 Å². The topological polar surface area (TPSA) is 95.9 Å². The first-order chi connectivity index (χ1) is 22.5. The number of ether oxygens (including phenoxy) is 1. The summed E-state index contributed by atoms with van der Waals surface area (Å²) in [6, 6.07) is 29.3. The molecule has 0 saturated carbocycles. The van der Waals surface area contributed by atoms with Crippen molar-refractivity contribution in [2.75, 3.05) is 25.5 Å². The van der Waals surface area contributed by atoms with Crippen LogP contribution < -0.4 is 5.32 Å². The molecule has 7 nitrogen and oxygen atoms in total. The van der Waals surface area contributed by atoms with E-state index in [4.69, 9.17) is 4.74 Å². The quantitative estimate of drug-likeness (QED) is 0.187. The van der Waals surface area contributed by atoms with Crippen LogP contribution in [0, 0.1) is 11.8 Å². The van der Waals surface area contributed by atoms with Crippen LogP contribution >= 0.6 is 11.8 Å². The third-order valence-electron chi connectivity index (χ3n) is 8.10. The third-order valence-corrected chi connectivity index (χ3v) is 9.28. The number of hydrogen-bond donors (Lipinski definition) is 2. The van der Waals surface area contributed by atoms with Crippen LogP contribution in [0.3, 0.4) is 0 Å². The number of nitrogens with one attached hydrogen (secondary N) is 1. The Hall–Kier alpha value is -3.88. The molecule has 1 aliphatic rings. The molecule has 0 spiro atoms. The van der Waals surface area contributed by atoms with Crippen molar-refractivity contribution in [2.24, 2.45) is 11.8 Å². The van der Waals surface area contributed by atoms with Gasteiger partial charge in [-0.1, -0.05) is 103 Å². The Morgan fingerprint density at radius 2 is 1.52 bits per heavy atom. The molecule has 8 heteroatoms. The normalized spacial score (nSPS) is 19.5. The maximum atomic E-state index is 13.8. The number of allylic oxidation sites excluding steroid dienone is 2. The fourth-order valence-electron chi connectivity index (χ4n) is 5.55. The zero-order chi connectivity index (χ0) is 32.4. The van der Waals surface area contributed by atoms with Crippen LogP contribution in [0.5, 0.6) is 0 Å². The van der Waals surface area contributed by atoms with E-state index in [0.29, 0.717) is 31.6 Å². The summed E-state index contributed by atoms with van der Waals surface area (Å²) in [5.41, 5.74) is 3.23. The second-order valence-corrected chi connectivity index (χ2v) is 12.8. The van der Waals surface area contributed by atoms with Gasteiger partial charge in [-0.05, 0) is 48.8 Å². The highest BCUT2D eigenvalue weighted by Gasteiger charge is 2.28. The van der Waals surface area contributed by atoms with Crippen LogP contribution in [0.25, 0.3) is 0 Å². The summed E-state index contributed by atoms with van der Waals surface area (Å²) in [5, 5.41) is 12.8. The van der Waals surface area contributed by atoms with Crippen LogP contribution in [0.1, 0.15) is 48.8 Å². The molecule has 2 N–H and O–H groups in total. The largest absolute Gasteiger partial charge is 0.463 e. The number of rotatable bonds is 12. The summed E-state index contributed by atoms with van der Waals surface area (Å²) >= 11 is 1.67. The minimum atomic E-state index is -0.591. The summed E-state index contributed by atoms with van der Waals surface area (Å²) in [5.74, 6) is -0.203. The molecule has 0 aromatic heterocycles. The number of aliphatic hydroxyl groups excluding tert-OH is 1. The van der Waals surface area contributed by atoms with Crippen LogP contribution in [0.2, 0.25) is 0 Å². The predicted octanol–water partition coefficient (Wildman–Crippen LogP) is 5.96. The molecule has 0 radical (unpaired) electrons. The van der Waals surface area contributed by atoms with Gasteiger partial charge in [-0.3, -0.25) is 14.4 Å². The summed E-state index contributed by atoms with van der Waals surface area (Å²) in [7, 11) is 0. The Morgan fingerprint density at radius 1 is 0.870 bits per heavy atom. The van der Waals surface area contributed by atoms with Crippen LogP contribution in [0.4, 0.5) is 0 Å². The number of aliphatic hydroxyl groups is 1. The van der Waals surface area contributed by atoms with Gasteiger partial charge in [0.25, 0.3) is 0 Å². The lowest BCUT2D eigenvalue weighted by atomic mass is 9.93. The Kier molecular flexibility index (Phi) is 14.9. The van der Waals surface area contributed by atoms with Crippen LogP contribution in [-0.4, -0.2) is 59.3 Å². The first-order valence-electron chi connectivity index (χ1n) is 16.2. The number of hydrogen-bond acceptors (Lipinski definition) is 6. The fraction of sp³-hybridized carbons (Fsp3) is 0.395.